The van der Waals surface area contributed by atoms with Crippen LogP contribution in [0.15, 0.2) is 30.9 Å². The number of hydrogen-bond acceptors (Lipinski definition) is 4. The highest BCUT2D eigenvalue weighted by Crippen LogP contribution is 2.26. The van der Waals surface area contributed by atoms with Crippen LogP contribution < -0.4 is 5.32 Å². The smallest absolute Gasteiger partial charge is 0.241 e. The summed E-state index contributed by atoms with van der Waals surface area (Å²) in [6.45, 7) is 3.59. The summed E-state index contributed by atoms with van der Waals surface area (Å²) < 4.78 is 1.90. The summed E-state index contributed by atoms with van der Waals surface area (Å²) in [6.07, 6.45) is 5.20. The van der Waals surface area contributed by atoms with E-state index in [0.29, 0.717) is 21.8 Å². The normalized spacial score (nSPS) is 17.6. The molecule has 1 unspecified atom stereocenters. The SMILES string of the molecule is CC(C(=O)Nc1ccc(Cl)cc1Cl)N1CCC(n2cncn2)CC1. The minimum Gasteiger partial charge on any atom is -0.323 e. The molecule has 1 aromatic carbocycles. The second-order valence-corrected chi connectivity index (χ2v) is 6.78. The van der Waals surface area contributed by atoms with Crippen molar-refractivity contribution >= 4 is 34.8 Å². The molecule has 1 atom stereocenters. The molecule has 1 amide bonds. The lowest BCUT2D eigenvalue weighted by Crippen LogP contribution is -2.46. The zero-order chi connectivity index (χ0) is 17.1. The van der Waals surface area contributed by atoms with Crippen LogP contribution >= 0.6 is 23.2 Å². The number of carbonyl (C=O) groups is 1. The molecule has 0 bridgehead atoms. The zero-order valence-corrected chi connectivity index (χ0v) is 14.8. The van der Waals surface area contributed by atoms with Crippen molar-refractivity contribution in [1.29, 1.82) is 0 Å². The predicted octanol–water partition coefficient (Wildman–Crippen LogP) is 3.25. The van der Waals surface area contributed by atoms with Crippen molar-refractivity contribution < 1.29 is 4.79 Å². The van der Waals surface area contributed by atoms with E-state index in [1.165, 1.54) is 0 Å². The van der Waals surface area contributed by atoms with Crippen molar-refractivity contribution in [3.63, 3.8) is 0 Å². The number of piperidine rings is 1. The van der Waals surface area contributed by atoms with Gasteiger partial charge in [0.15, 0.2) is 0 Å². The molecular formula is C16H19Cl2N5O. The van der Waals surface area contributed by atoms with E-state index in [0.717, 1.165) is 25.9 Å². The molecule has 1 aromatic heterocycles. The topological polar surface area (TPSA) is 63.1 Å². The van der Waals surface area contributed by atoms with E-state index in [9.17, 15) is 4.79 Å². The van der Waals surface area contributed by atoms with Crippen LogP contribution in [0.1, 0.15) is 25.8 Å². The number of hydrogen-bond donors (Lipinski definition) is 1. The van der Waals surface area contributed by atoms with Crippen LogP contribution in [0.25, 0.3) is 0 Å². The first-order chi connectivity index (χ1) is 11.5. The number of amides is 1. The second-order valence-electron chi connectivity index (χ2n) is 5.93. The molecule has 8 heteroatoms. The summed E-state index contributed by atoms with van der Waals surface area (Å²) in [7, 11) is 0. The van der Waals surface area contributed by atoms with Crippen molar-refractivity contribution in [2.75, 3.05) is 18.4 Å². The van der Waals surface area contributed by atoms with Gasteiger partial charge in [0, 0.05) is 18.1 Å². The van der Waals surface area contributed by atoms with Crippen LogP contribution in [0.4, 0.5) is 5.69 Å². The molecule has 1 N–H and O–H groups in total. The van der Waals surface area contributed by atoms with Gasteiger partial charge in [-0.1, -0.05) is 23.2 Å². The van der Waals surface area contributed by atoms with E-state index in [-0.39, 0.29) is 11.9 Å². The number of rotatable bonds is 4. The number of nitrogens with one attached hydrogen (secondary N) is 1. The van der Waals surface area contributed by atoms with E-state index in [2.05, 4.69) is 20.3 Å². The van der Waals surface area contributed by atoms with Crippen LogP contribution in [0, 0.1) is 0 Å². The van der Waals surface area contributed by atoms with E-state index in [4.69, 9.17) is 23.2 Å². The molecule has 0 saturated carbocycles. The van der Waals surface area contributed by atoms with Gasteiger partial charge >= 0.3 is 0 Å². The summed E-state index contributed by atoms with van der Waals surface area (Å²) in [4.78, 5) is 18.7. The first-order valence-electron chi connectivity index (χ1n) is 7.88. The van der Waals surface area contributed by atoms with E-state index >= 15 is 0 Å². The molecule has 1 saturated heterocycles. The predicted molar refractivity (Wildman–Crippen MR) is 94.4 cm³/mol. The Bertz CT molecular complexity index is 698. The number of aromatic nitrogens is 3. The highest BCUT2D eigenvalue weighted by atomic mass is 35.5. The summed E-state index contributed by atoms with van der Waals surface area (Å²) in [5.74, 6) is -0.0709. The molecule has 1 aliphatic rings. The highest BCUT2D eigenvalue weighted by molar-refractivity contribution is 6.36. The van der Waals surface area contributed by atoms with Crippen LogP contribution in [-0.2, 0) is 4.79 Å². The van der Waals surface area contributed by atoms with Crippen molar-refractivity contribution in [1.82, 2.24) is 19.7 Å². The Kier molecular flexibility index (Phi) is 5.38. The Morgan fingerprint density at radius 2 is 2.08 bits per heavy atom. The lowest BCUT2D eigenvalue weighted by molar-refractivity contribution is -0.121. The van der Waals surface area contributed by atoms with Crippen LogP contribution in [0.3, 0.4) is 0 Å². The average molecular weight is 368 g/mol. The van der Waals surface area contributed by atoms with Crippen molar-refractivity contribution in [2.24, 2.45) is 0 Å². The zero-order valence-electron chi connectivity index (χ0n) is 13.3. The molecular weight excluding hydrogens is 349 g/mol. The van der Waals surface area contributed by atoms with Gasteiger partial charge in [-0.15, -0.1) is 0 Å². The van der Waals surface area contributed by atoms with Gasteiger partial charge in [-0.05, 0) is 38.0 Å². The number of likely N-dealkylation sites (tertiary alicyclic amines) is 1. The van der Waals surface area contributed by atoms with E-state index in [1.807, 2.05) is 11.6 Å². The number of anilines is 1. The Morgan fingerprint density at radius 1 is 1.33 bits per heavy atom. The highest BCUT2D eigenvalue weighted by Gasteiger charge is 2.27. The summed E-state index contributed by atoms with van der Waals surface area (Å²) in [6, 6.07) is 5.16. The third-order valence-electron chi connectivity index (χ3n) is 4.43. The van der Waals surface area contributed by atoms with Gasteiger partial charge in [0.05, 0.1) is 22.8 Å². The number of nitrogens with zero attached hydrogens (tertiary/aromatic N) is 4. The first kappa shape index (κ1) is 17.2. The van der Waals surface area contributed by atoms with Gasteiger partial charge in [-0.25, -0.2) is 9.67 Å². The van der Waals surface area contributed by atoms with E-state index in [1.54, 1.807) is 30.9 Å². The minimum absolute atomic E-state index is 0.0709. The number of benzene rings is 1. The second kappa shape index (κ2) is 7.51. The standard InChI is InChI=1S/C16H19Cl2N5O/c1-11(16(24)21-15-3-2-12(17)8-14(15)18)22-6-4-13(5-7-22)23-10-19-9-20-23/h2-3,8-11,13H,4-7H2,1H3,(H,21,24). The van der Waals surface area contributed by atoms with Crippen LogP contribution in [0.2, 0.25) is 10.0 Å². The minimum atomic E-state index is -0.228. The fourth-order valence-corrected chi connectivity index (χ4v) is 3.39. The maximum absolute atomic E-state index is 12.5. The van der Waals surface area contributed by atoms with Gasteiger partial charge in [0.1, 0.15) is 12.7 Å². The Hall–Kier alpha value is -1.63. The Morgan fingerprint density at radius 3 is 2.71 bits per heavy atom. The van der Waals surface area contributed by atoms with Gasteiger partial charge in [-0.2, -0.15) is 5.10 Å². The van der Waals surface area contributed by atoms with Crippen molar-refractivity contribution in [2.45, 2.75) is 31.8 Å². The van der Waals surface area contributed by atoms with Gasteiger partial charge < -0.3 is 5.32 Å². The molecule has 3 rings (SSSR count). The lowest BCUT2D eigenvalue weighted by atomic mass is 10.0. The largest absolute Gasteiger partial charge is 0.323 e. The fourth-order valence-electron chi connectivity index (χ4n) is 2.94. The Labute approximate surface area is 150 Å². The molecule has 0 aliphatic carbocycles. The lowest BCUT2D eigenvalue weighted by Gasteiger charge is -2.35. The van der Waals surface area contributed by atoms with Gasteiger partial charge in [0.2, 0.25) is 5.91 Å². The summed E-state index contributed by atoms with van der Waals surface area (Å²) in [5, 5.41) is 8.06. The molecule has 1 aliphatic heterocycles. The van der Waals surface area contributed by atoms with Crippen LogP contribution in [-0.4, -0.2) is 44.7 Å². The van der Waals surface area contributed by atoms with Gasteiger partial charge in [-0.3, -0.25) is 9.69 Å². The quantitative estimate of drug-likeness (QED) is 0.900. The third kappa shape index (κ3) is 3.88. The fraction of sp³-hybridized carbons (Fsp3) is 0.438. The molecule has 24 heavy (non-hydrogen) atoms. The molecule has 0 radical (unpaired) electrons. The molecule has 2 aromatic rings. The van der Waals surface area contributed by atoms with Crippen molar-refractivity contribution in [3.05, 3.63) is 40.9 Å². The maximum atomic E-state index is 12.5. The summed E-state index contributed by atoms with van der Waals surface area (Å²) in [5.41, 5.74) is 0.579. The average Bonchev–Trinajstić information content (AvgIpc) is 3.11. The monoisotopic (exact) mass is 367 g/mol. The number of carbonyl (C=O) groups excluding carboxylic acids is 1. The van der Waals surface area contributed by atoms with Crippen LogP contribution in [0.5, 0.6) is 0 Å². The molecule has 128 valence electrons. The molecule has 6 nitrogen and oxygen atoms in total. The molecule has 1 fully saturated rings. The van der Waals surface area contributed by atoms with Gasteiger partial charge in [0.25, 0.3) is 0 Å². The number of halogens is 2. The first-order valence-corrected chi connectivity index (χ1v) is 8.64. The molecule has 2 heterocycles. The van der Waals surface area contributed by atoms with E-state index < -0.39 is 0 Å². The summed E-state index contributed by atoms with van der Waals surface area (Å²) >= 11 is 12.0. The third-order valence-corrected chi connectivity index (χ3v) is 4.97. The Balaban J connectivity index is 1.56. The molecule has 0 spiro atoms. The maximum Gasteiger partial charge on any atom is 0.241 e. The van der Waals surface area contributed by atoms with Crippen molar-refractivity contribution in [3.8, 4) is 0 Å².